The minimum atomic E-state index is -1.30. The highest BCUT2D eigenvalue weighted by Crippen LogP contribution is 2.44. The first kappa shape index (κ1) is 31.7. The SMILES string of the molecule is C=CC1=C(C)c2cc3[nH]c(c4c5[nH]c(cc6nc(cc1n2)C(C)=C6CC)c(C)c5C(=O)N(CC(=O)O)C4=O)[C@@H](CCCOC=O)[C@@H]3C. The Morgan fingerprint density at radius 2 is 1.72 bits per heavy atom. The van der Waals surface area contributed by atoms with Crippen molar-refractivity contribution in [3.63, 3.8) is 0 Å². The number of imide groups is 1. The molecular formula is C36H37N5O6. The zero-order valence-electron chi connectivity index (χ0n) is 27.1. The largest absolute Gasteiger partial charge is 0.480 e. The molecule has 2 amide bonds. The lowest BCUT2D eigenvalue weighted by atomic mass is 9.84. The van der Waals surface area contributed by atoms with Crippen molar-refractivity contribution in [1.29, 1.82) is 0 Å². The van der Waals surface area contributed by atoms with Gasteiger partial charge in [0.2, 0.25) is 0 Å². The van der Waals surface area contributed by atoms with Crippen LogP contribution in [-0.4, -0.2) is 67.3 Å². The number of aliphatic carboxylic acids is 1. The lowest BCUT2D eigenvalue weighted by Gasteiger charge is -2.26. The van der Waals surface area contributed by atoms with Gasteiger partial charge in [0.1, 0.15) is 6.54 Å². The number of aryl methyl sites for hydroxylation is 1. The first-order valence-corrected chi connectivity index (χ1v) is 15.7. The number of rotatable bonds is 9. The van der Waals surface area contributed by atoms with E-state index in [1.165, 1.54) is 0 Å². The summed E-state index contributed by atoms with van der Waals surface area (Å²) in [5.74, 6) is -3.04. The molecular weight excluding hydrogens is 598 g/mol. The molecule has 0 radical (unpaired) electrons. The van der Waals surface area contributed by atoms with Crippen molar-refractivity contribution in [3.8, 4) is 0 Å². The molecule has 0 aliphatic carbocycles. The normalized spacial score (nSPS) is 18.1. The van der Waals surface area contributed by atoms with E-state index >= 15 is 0 Å². The molecule has 6 rings (SSSR count). The molecule has 11 heteroatoms. The van der Waals surface area contributed by atoms with Gasteiger partial charge < -0.3 is 19.8 Å². The minimum Gasteiger partial charge on any atom is -0.480 e. The van der Waals surface area contributed by atoms with Crippen molar-refractivity contribution in [2.45, 2.75) is 65.7 Å². The van der Waals surface area contributed by atoms with Crippen LogP contribution in [0.1, 0.15) is 119 Å². The molecule has 11 nitrogen and oxygen atoms in total. The van der Waals surface area contributed by atoms with Gasteiger partial charge in [-0.1, -0.05) is 26.5 Å². The standard InChI is InChI=1S/C36H37N5O6/c1-7-21-17(3)24-12-26-19(5)23(10-9-11-47-16-42)33(39-26)32-34-31(35(45)41(36(32)46)15-30(43)44)20(6)27(40-34)14-29-22(8-2)18(4)25(38-29)13-28(21)37-24/h7,12-14,16,19,23,39-40H,1,8-11,15H2,2-6H3,(H,43,44)/t19-,23-/m0/s1. The van der Waals surface area contributed by atoms with E-state index in [-0.39, 0.29) is 29.6 Å². The fourth-order valence-corrected chi connectivity index (χ4v) is 7.14. The highest BCUT2D eigenvalue weighted by atomic mass is 16.5. The van der Waals surface area contributed by atoms with Crippen LogP contribution >= 0.6 is 0 Å². The second-order valence-corrected chi connectivity index (χ2v) is 12.3. The summed E-state index contributed by atoms with van der Waals surface area (Å²) in [7, 11) is 0. The Balaban J connectivity index is 1.77. The van der Waals surface area contributed by atoms with E-state index in [9.17, 15) is 24.3 Å². The van der Waals surface area contributed by atoms with E-state index < -0.39 is 24.3 Å². The highest BCUT2D eigenvalue weighted by molar-refractivity contribution is 6.24. The van der Waals surface area contributed by atoms with E-state index in [2.05, 4.69) is 23.5 Å². The van der Waals surface area contributed by atoms with Crippen molar-refractivity contribution >= 4 is 57.6 Å². The third-order valence-electron chi connectivity index (χ3n) is 9.71. The third-order valence-corrected chi connectivity index (χ3v) is 9.71. The Labute approximate surface area is 271 Å². The topological polar surface area (TPSA) is 158 Å². The number of nitrogens with one attached hydrogen (secondary N) is 2. The Kier molecular flexibility index (Phi) is 8.17. The lowest BCUT2D eigenvalue weighted by Crippen LogP contribution is -2.43. The van der Waals surface area contributed by atoms with Gasteiger partial charge in [-0.05, 0) is 80.5 Å². The second-order valence-electron chi connectivity index (χ2n) is 12.3. The molecule has 242 valence electrons. The molecule has 0 unspecified atom stereocenters. The predicted molar refractivity (Wildman–Crippen MR) is 178 cm³/mol. The van der Waals surface area contributed by atoms with Crippen LogP contribution in [0.5, 0.6) is 0 Å². The average molecular weight is 636 g/mol. The van der Waals surface area contributed by atoms with Crippen LogP contribution in [0, 0.1) is 6.92 Å². The van der Waals surface area contributed by atoms with Crippen molar-refractivity contribution < 1.29 is 29.0 Å². The number of nitrogens with zero attached hydrogens (tertiary/aromatic N) is 3. The van der Waals surface area contributed by atoms with Crippen LogP contribution in [0.4, 0.5) is 0 Å². The zero-order valence-corrected chi connectivity index (χ0v) is 27.1. The van der Waals surface area contributed by atoms with Crippen LogP contribution in [-0.2, 0) is 14.3 Å². The third kappa shape index (κ3) is 5.15. The van der Waals surface area contributed by atoms with Gasteiger partial charge in [0, 0.05) is 34.3 Å². The Morgan fingerprint density at radius 1 is 1.02 bits per heavy atom. The predicted octanol–water partition coefficient (Wildman–Crippen LogP) is 6.32. The summed E-state index contributed by atoms with van der Waals surface area (Å²) in [6, 6.07) is 5.84. The van der Waals surface area contributed by atoms with E-state index in [1.54, 1.807) is 13.0 Å². The molecule has 0 saturated carbocycles. The number of allylic oxidation sites excluding steroid dienone is 5. The monoisotopic (exact) mass is 635 g/mol. The van der Waals surface area contributed by atoms with Gasteiger partial charge in [0.15, 0.2) is 0 Å². The first-order chi connectivity index (χ1) is 22.5. The molecule has 0 spiro atoms. The molecule has 0 aromatic carbocycles. The van der Waals surface area contributed by atoms with Crippen molar-refractivity contribution in [2.24, 2.45) is 0 Å². The number of carbonyl (C=O) groups is 4. The van der Waals surface area contributed by atoms with E-state index in [0.717, 1.165) is 55.7 Å². The molecule has 2 atom stereocenters. The molecule has 3 N–H and O–H groups in total. The number of carboxylic acid groups (broad SMARTS) is 1. The van der Waals surface area contributed by atoms with E-state index in [1.807, 2.05) is 39.0 Å². The molecule has 4 aliphatic rings. The molecule has 0 fully saturated rings. The highest BCUT2D eigenvalue weighted by Gasteiger charge is 2.41. The fourth-order valence-electron chi connectivity index (χ4n) is 7.14. The molecule has 0 saturated heterocycles. The Bertz CT molecular complexity index is 2030. The summed E-state index contributed by atoms with van der Waals surface area (Å²) in [5.41, 5.74) is 10.3. The summed E-state index contributed by atoms with van der Waals surface area (Å²) in [6.45, 7) is 13.8. The fraction of sp³-hybridized carbons (Fsp3) is 0.333. The maximum absolute atomic E-state index is 14.2. The lowest BCUT2D eigenvalue weighted by molar-refractivity contribution is -0.137. The number of H-pyrrole nitrogens is 2. The number of aromatic amines is 2. The summed E-state index contributed by atoms with van der Waals surface area (Å²) < 4.78 is 4.98. The number of fused-ring (bicyclic) bond motifs is 8. The summed E-state index contributed by atoms with van der Waals surface area (Å²) >= 11 is 0. The van der Waals surface area contributed by atoms with Gasteiger partial charge in [-0.25, -0.2) is 9.97 Å². The number of ether oxygens (including phenoxy) is 1. The van der Waals surface area contributed by atoms with Crippen LogP contribution in [0.3, 0.4) is 0 Å². The van der Waals surface area contributed by atoms with Gasteiger partial charge in [-0.2, -0.15) is 0 Å². The maximum Gasteiger partial charge on any atom is 0.323 e. The number of hydrogen-bond acceptors (Lipinski definition) is 7. The molecule has 2 aromatic rings. The Morgan fingerprint density at radius 3 is 2.40 bits per heavy atom. The first-order valence-electron chi connectivity index (χ1n) is 15.7. The van der Waals surface area contributed by atoms with Gasteiger partial charge >= 0.3 is 5.97 Å². The molecule has 4 aliphatic heterocycles. The number of amides is 2. The minimum absolute atomic E-state index is 0.128. The van der Waals surface area contributed by atoms with E-state index in [0.29, 0.717) is 48.0 Å². The van der Waals surface area contributed by atoms with Crippen molar-refractivity contribution in [1.82, 2.24) is 24.8 Å². The molecule has 2 aromatic heterocycles. The molecule has 47 heavy (non-hydrogen) atoms. The maximum atomic E-state index is 14.2. The number of carboxylic acids is 1. The van der Waals surface area contributed by atoms with Gasteiger partial charge in [-0.3, -0.25) is 24.1 Å². The summed E-state index contributed by atoms with van der Waals surface area (Å²) in [6.07, 6.45) is 3.59. The summed E-state index contributed by atoms with van der Waals surface area (Å²) in [5, 5.41) is 9.71. The van der Waals surface area contributed by atoms with Crippen LogP contribution in [0.15, 0.2) is 30.9 Å². The van der Waals surface area contributed by atoms with Crippen LogP contribution in [0.25, 0.3) is 33.3 Å². The second kappa shape index (κ2) is 12.1. The van der Waals surface area contributed by atoms with Gasteiger partial charge in [0.25, 0.3) is 18.3 Å². The van der Waals surface area contributed by atoms with Gasteiger partial charge in [-0.15, -0.1) is 0 Å². The Hall–Kier alpha value is -5.32. The van der Waals surface area contributed by atoms with Crippen LogP contribution < -0.4 is 0 Å². The quantitative estimate of drug-likeness (QED) is 0.164. The van der Waals surface area contributed by atoms with E-state index in [4.69, 9.17) is 14.7 Å². The van der Waals surface area contributed by atoms with Crippen LogP contribution in [0.2, 0.25) is 0 Å². The van der Waals surface area contributed by atoms with Gasteiger partial charge in [0.05, 0.1) is 46.0 Å². The summed E-state index contributed by atoms with van der Waals surface area (Å²) in [4.78, 5) is 68.5. The number of carbonyl (C=O) groups excluding carboxylic acids is 3. The molecule has 6 heterocycles. The molecule has 8 bridgehead atoms. The number of hydrogen-bond donors (Lipinski definition) is 3. The zero-order chi connectivity index (χ0) is 33.7. The van der Waals surface area contributed by atoms with Crippen molar-refractivity contribution in [2.75, 3.05) is 13.2 Å². The van der Waals surface area contributed by atoms with Crippen molar-refractivity contribution in [3.05, 3.63) is 81.7 Å². The number of aromatic nitrogens is 4. The average Bonchev–Trinajstić information content (AvgIpc) is 3.71. The smallest absolute Gasteiger partial charge is 0.323 e.